The summed E-state index contributed by atoms with van der Waals surface area (Å²) >= 11 is 6.22. The summed E-state index contributed by atoms with van der Waals surface area (Å²) < 4.78 is 5.34. The minimum absolute atomic E-state index is 0.601. The Hall–Kier alpha value is -0.610. The number of benzene rings is 1. The van der Waals surface area contributed by atoms with Gasteiger partial charge in [-0.1, -0.05) is 29.8 Å². The van der Waals surface area contributed by atoms with E-state index in [0.29, 0.717) is 12.0 Å². The van der Waals surface area contributed by atoms with E-state index in [-0.39, 0.29) is 0 Å². The molecule has 1 aromatic rings. The molecule has 0 unspecified atom stereocenters. The molecule has 3 nitrogen and oxygen atoms in total. The highest BCUT2D eigenvalue weighted by molar-refractivity contribution is 6.31. The van der Waals surface area contributed by atoms with Gasteiger partial charge in [0.25, 0.3) is 0 Å². The van der Waals surface area contributed by atoms with E-state index in [9.17, 15) is 0 Å². The van der Waals surface area contributed by atoms with Crippen LogP contribution in [0.15, 0.2) is 24.3 Å². The Morgan fingerprint density at radius 3 is 2.61 bits per heavy atom. The number of hydrogen-bond donors (Lipinski definition) is 1. The van der Waals surface area contributed by atoms with Crippen LogP contribution in [-0.4, -0.2) is 37.4 Å². The Labute approximate surface area is 113 Å². The predicted octanol–water partition coefficient (Wildman–Crippen LogP) is 2.42. The first kappa shape index (κ1) is 12.4. The molecule has 2 fully saturated rings. The highest BCUT2D eigenvalue weighted by Crippen LogP contribution is 2.39. The van der Waals surface area contributed by atoms with Crippen molar-refractivity contribution in [1.82, 2.24) is 10.4 Å². The Balaban J connectivity index is 1.49. The van der Waals surface area contributed by atoms with Crippen LogP contribution >= 0.6 is 11.6 Å². The Morgan fingerprint density at radius 2 is 1.89 bits per heavy atom. The average molecular weight is 267 g/mol. The molecule has 1 saturated heterocycles. The van der Waals surface area contributed by atoms with E-state index in [4.69, 9.17) is 16.3 Å². The lowest BCUT2D eigenvalue weighted by molar-refractivity contribution is -0.00619. The van der Waals surface area contributed by atoms with E-state index in [1.807, 2.05) is 12.1 Å². The van der Waals surface area contributed by atoms with E-state index in [1.54, 1.807) is 0 Å². The summed E-state index contributed by atoms with van der Waals surface area (Å²) in [5, 5.41) is 3.20. The second-order valence-electron chi connectivity index (χ2n) is 5.12. The van der Waals surface area contributed by atoms with Crippen molar-refractivity contribution >= 4 is 11.6 Å². The molecule has 0 atom stereocenters. The summed E-state index contributed by atoms with van der Waals surface area (Å²) in [5.41, 5.74) is 4.89. The topological polar surface area (TPSA) is 24.5 Å². The van der Waals surface area contributed by atoms with E-state index >= 15 is 0 Å². The van der Waals surface area contributed by atoms with Gasteiger partial charge in [-0.2, -0.15) is 0 Å². The van der Waals surface area contributed by atoms with Crippen LogP contribution in [0.1, 0.15) is 24.3 Å². The minimum Gasteiger partial charge on any atom is -0.379 e. The SMILES string of the molecule is Clc1ccccc1C1CC(NN2CCOCC2)C1. The molecule has 0 amide bonds. The van der Waals surface area contributed by atoms with Crippen LogP contribution in [0, 0.1) is 0 Å². The van der Waals surface area contributed by atoms with Gasteiger partial charge in [0.2, 0.25) is 0 Å². The Kier molecular flexibility index (Phi) is 3.85. The van der Waals surface area contributed by atoms with Gasteiger partial charge in [0.1, 0.15) is 0 Å². The standard InChI is InChI=1S/C14H19ClN2O/c15-14-4-2-1-3-13(14)11-9-12(10-11)16-17-5-7-18-8-6-17/h1-4,11-12,16H,5-10H2. The van der Waals surface area contributed by atoms with Gasteiger partial charge in [-0.05, 0) is 30.4 Å². The van der Waals surface area contributed by atoms with Gasteiger partial charge in [0.05, 0.1) is 13.2 Å². The van der Waals surface area contributed by atoms with Gasteiger partial charge >= 0.3 is 0 Å². The molecule has 1 aromatic carbocycles. The zero-order valence-electron chi connectivity index (χ0n) is 10.4. The first-order valence-electron chi connectivity index (χ1n) is 6.66. The molecule has 2 aliphatic rings. The third-order valence-electron chi connectivity index (χ3n) is 3.86. The normalized spacial score (nSPS) is 28.9. The zero-order valence-corrected chi connectivity index (χ0v) is 11.2. The highest BCUT2D eigenvalue weighted by atomic mass is 35.5. The monoisotopic (exact) mass is 266 g/mol. The number of nitrogens with zero attached hydrogens (tertiary/aromatic N) is 1. The number of hydrogen-bond acceptors (Lipinski definition) is 3. The smallest absolute Gasteiger partial charge is 0.0608 e. The number of morpholine rings is 1. The van der Waals surface area contributed by atoms with Crippen LogP contribution in [0.5, 0.6) is 0 Å². The molecule has 1 aliphatic heterocycles. The molecule has 18 heavy (non-hydrogen) atoms. The molecule has 1 saturated carbocycles. The molecule has 0 bridgehead atoms. The largest absolute Gasteiger partial charge is 0.379 e. The predicted molar refractivity (Wildman–Crippen MR) is 72.7 cm³/mol. The summed E-state index contributed by atoms with van der Waals surface area (Å²) in [6.45, 7) is 3.67. The van der Waals surface area contributed by atoms with Crippen molar-refractivity contribution in [3.05, 3.63) is 34.9 Å². The summed E-state index contributed by atoms with van der Waals surface area (Å²) in [5.74, 6) is 0.622. The van der Waals surface area contributed by atoms with Crippen molar-refractivity contribution in [2.75, 3.05) is 26.3 Å². The second kappa shape index (κ2) is 5.57. The van der Waals surface area contributed by atoms with Gasteiger partial charge in [-0.3, -0.25) is 5.43 Å². The van der Waals surface area contributed by atoms with Crippen LogP contribution in [0.2, 0.25) is 5.02 Å². The number of halogens is 1. The minimum atomic E-state index is 0.601. The fraction of sp³-hybridized carbons (Fsp3) is 0.571. The van der Waals surface area contributed by atoms with Crippen LogP contribution in [0.4, 0.5) is 0 Å². The fourth-order valence-electron chi connectivity index (χ4n) is 2.73. The van der Waals surface area contributed by atoms with E-state index in [2.05, 4.69) is 22.6 Å². The molecule has 98 valence electrons. The Bertz CT molecular complexity index is 401. The molecule has 0 radical (unpaired) electrons. The summed E-state index contributed by atoms with van der Waals surface area (Å²) in [6, 6.07) is 8.81. The number of nitrogens with one attached hydrogen (secondary N) is 1. The highest BCUT2D eigenvalue weighted by Gasteiger charge is 2.32. The van der Waals surface area contributed by atoms with Crippen LogP contribution in [-0.2, 0) is 4.74 Å². The molecule has 0 spiro atoms. The molecular weight excluding hydrogens is 248 g/mol. The number of hydrazine groups is 1. The van der Waals surface area contributed by atoms with Crippen molar-refractivity contribution in [2.24, 2.45) is 0 Å². The van der Waals surface area contributed by atoms with Gasteiger partial charge in [-0.25, -0.2) is 5.01 Å². The van der Waals surface area contributed by atoms with Crippen molar-refractivity contribution < 1.29 is 4.74 Å². The first-order valence-corrected chi connectivity index (χ1v) is 7.04. The van der Waals surface area contributed by atoms with Crippen molar-refractivity contribution in [3.63, 3.8) is 0 Å². The first-order chi connectivity index (χ1) is 8.83. The third kappa shape index (κ3) is 2.69. The number of ether oxygens (including phenoxy) is 1. The summed E-state index contributed by atoms with van der Waals surface area (Å²) in [7, 11) is 0. The van der Waals surface area contributed by atoms with E-state index < -0.39 is 0 Å². The van der Waals surface area contributed by atoms with E-state index in [1.165, 1.54) is 18.4 Å². The van der Waals surface area contributed by atoms with Gasteiger partial charge in [0, 0.05) is 24.2 Å². The molecule has 1 heterocycles. The molecule has 1 aliphatic carbocycles. The molecular formula is C14H19ClN2O. The lowest BCUT2D eigenvalue weighted by atomic mass is 9.76. The van der Waals surface area contributed by atoms with Gasteiger partial charge in [0.15, 0.2) is 0 Å². The van der Waals surface area contributed by atoms with Crippen LogP contribution in [0.25, 0.3) is 0 Å². The summed E-state index contributed by atoms with van der Waals surface area (Å²) in [6.07, 6.45) is 2.36. The number of rotatable bonds is 3. The Morgan fingerprint density at radius 1 is 1.17 bits per heavy atom. The zero-order chi connectivity index (χ0) is 12.4. The maximum Gasteiger partial charge on any atom is 0.0608 e. The molecule has 3 rings (SSSR count). The van der Waals surface area contributed by atoms with Gasteiger partial charge < -0.3 is 4.74 Å². The quantitative estimate of drug-likeness (QED) is 0.909. The van der Waals surface area contributed by atoms with Crippen LogP contribution in [0.3, 0.4) is 0 Å². The van der Waals surface area contributed by atoms with Crippen LogP contribution < -0.4 is 5.43 Å². The maximum atomic E-state index is 6.22. The molecule has 4 heteroatoms. The average Bonchev–Trinajstić information content (AvgIpc) is 2.36. The lowest BCUT2D eigenvalue weighted by Gasteiger charge is -2.41. The molecule has 1 N–H and O–H groups in total. The lowest BCUT2D eigenvalue weighted by Crippen LogP contribution is -2.53. The van der Waals surface area contributed by atoms with Crippen molar-refractivity contribution in [1.29, 1.82) is 0 Å². The fourth-order valence-corrected chi connectivity index (χ4v) is 3.02. The second-order valence-corrected chi connectivity index (χ2v) is 5.52. The maximum absolute atomic E-state index is 6.22. The summed E-state index contributed by atoms with van der Waals surface area (Å²) in [4.78, 5) is 0. The van der Waals surface area contributed by atoms with Crippen molar-refractivity contribution in [2.45, 2.75) is 24.8 Å². The van der Waals surface area contributed by atoms with Crippen molar-refractivity contribution in [3.8, 4) is 0 Å². The van der Waals surface area contributed by atoms with Gasteiger partial charge in [-0.15, -0.1) is 0 Å². The third-order valence-corrected chi connectivity index (χ3v) is 4.20. The van der Waals surface area contributed by atoms with E-state index in [0.717, 1.165) is 31.3 Å². The molecule has 0 aromatic heterocycles.